The molecule has 3 heteroatoms. The minimum atomic E-state index is 0.0445. The first kappa shape index (κ1) is 18.0. The molecule has 0 bridgehead atoms. The van der Waals surface area contributed by atoms with Crippen LogP contribution in [0.1, 0.15) is 54.2 Å². The van der Waals surface area contributed by atoms with Crippen LogP contribution in [0.2, 0.25) is 0 Å². The summed E-state index contributed by atoms with van der Waals surface area (Å²) >= 11 is 0. The van der Waals surface area contributed by atoms with E-state index < -0.39 is 0 Å². The van der Waals surface area contributed by atoms with Gasteiger partial charge in [-0.05, 0) is 62.6 Å². The van der Waals surface area contributed by atoms with E-state index in [9.17, 15) is 4.79 Å². The van der Waals surface area contributed by atoms with Crippen molar-refractivity contribution in [3.05, 3.63) is 83.2 Å². The number of aromatic nitrogens is 1. The molecule has 1 saturated carbocycles. The number of amides is 1. The van der Waals surface area contributed by atoms with Gasteiger partial charge in [-0.2, -0.15) is 0 Å². The number of hydrogen-bond donors (Lipinski definition) is 0. The molecule has 2 aliphatic rings. The highest BCUT2D eigenvalue weighted by molar-refractivity contribution is 6.38. The number of nitrogens with zero attached hydrogens (tertiary/aromatic N) is 2. The van der Waals surface area contributed by atoms with E-state index in [1.807, 2.05) is 53.4 Å². The van der Waals surface area contributed by atoms with Crippen LogP contribution in [0.4, 0.5) is 11.4 Å². The van der Waals surface area contributed by atoms with Crippen LogP contribution in [0.15, 0.2) is 60.7 Å². The number of para-hydroxylation sites is 2. The maximum atomic E-state index is 13.5. The van der Waals surface area contributed by atoms with Crippen LogP contribution in [-0.4, -0.2) is 10.5 Å². The smallest absolute Gasteiger partial charge is 0.263 e. The van der Waals surface area contributed by atoms with Crippen molar-refractivity contribution in [2.45, 2.75) is 45.6 Å². The second kappa shape index (κ2) is 7.07. The molecular formula is C26H26N2O. The zero-order valence-electron chi connectivity index (χ0n) is 17.1. The summed E-state index contributed by atoms with van der Waals surface area (Å²) in [6, 6.07) is 20.8. The van der Waals surface area contributed by atoms with E-state index in [2.05, 4.69) is 36.6 Å². The maximum absolute atomic E-state index is 13.5. The molecule has 1 amide bonds. The standard InChI is InChI=1S/C26H26N2O/c1-18-16-20(19(2)27(18)21-12-6-7-13-21)17-24-23-14-8-9-15-25(23)28(26(24)29)22-10-4-3-5-11-22/h3-5,8-11,14-17,21H,6-7,12-13H2,1-2H3/b24-17+. The average molecular weight is 383 g/mol. The molecule has 0 atom stereocenters. The molecule has 1 aliphatic heterocycles. The highest BCUT2D eigenvalue weighted by atomic mass is 16.2. The lowest BCUT2D eigenvalue weighted by molar-refractivity contribution is -0.112. The van der Waals surface area contributed by atoms with Crippen molar-refractivity contribution in [1.29, 1.82) is 0 Å². The summed E-state index contributed by atoms with van der Waals surface area (Å²) in [6.07, 6.45) is 7.25. The number of fused-ring (bicyclic) bond motifs is 1. The fourth-order valence-corrected chi connectivity index (χ4v) is 5.04. The monoisotopic (exact) mass is 382 g/mol. The van der Waals surface area contributed by atoms with E-state index in [-0.39, 0.29) is 5.91 Å². The van der Waals surface area contributed by atoms with Crippen molar-refractivity contribution >= 4 is 28.9 Å². The minimum absolute atomic E-state index is 0.0445. The molecule has 0 spiro atoms. The lowest BCUT2D eigenvalue weighted by atomic mass is 10.0. The van der Waals surface area contributed by atoms with Gasteiger partial charge in [-0.3, -0.25) is 9.69 Å². The van der Waals surface area contributed by atoms with Gasteiger partial charge >= 0.3 is 0 Å². The molecule has 3 aromatic rings. The van der Waals surface area contributed by atoms with Crippen molar-refractivity contribution in [1.82, 2.24) is 4.57 Å². The Morgan fingerprint density at radius 1 is 0.931 bits per heavy atom. The highest BCUT2D eigenvalue weighted by Gasteiger charge is 2.33. The van der Waals surface area contributed by atoms with Gasteiger partial charge in [0, 0.05) is 28.7 Å². The minimum Gasteiger partial charge on any atom is -0.346 e. The summed E-state index contributed by atoms with van der Waals surface area (Å²) in [5.74, 6) is 0.0445. The Morgan fingerprint density at radius 3 is 2.38 bits per heavy atom. The molecule has 1 aliphatic carbocycles. The second-order valence-corrected chi connectivity index (χ2v) is 8.19. The van der Waals surface area contributed by atoms with Crippen molar-refractivity contribution in [3.8, 4) is 0 Å². The Kier molecular flexibility index (Phi) is 4.39. The third kappa shape index (κ3) is 2.93. The Hall–Kier alpha value is -3.07. The molecule has 0 unspecified atom stereocenters. The van der Waals surface area contributed by atoms with E-state index in [1.54, 1.807) is 0 Å². The predicted molar refractivity (Wildman–Crippen MR) is 119 cm³/mol. The predicted octanol–water partition coefficient (Wildman–Crippen LogP) is 6.44. The first-order chi connectivity index (χ1) is 14.1. The molecule has 3 nitrogen and oxygen atoms in total. The van der Waals surface area contributed by atoms with Crippen molar-refractivity contribution in [2.24, 2.45) is 0 Å². The van der Waals surface area contributed by atoms with Crippen LogP contribution in [0.25, 0.3) is 11.6 Å². The molecule has 146 valence electrons. The summed E-state index contributed by atoms with van der Waals surface area (Å²) in [5, 5.41) is 0. The van der Waals surface area contributed by atoms with Crippen LogP contribution in [0.5, 0.6) is 0 Å². The first-order valence-corrected chi connectivity index (χ1v) is 10.5. The van der Waals surface area contributed by atoms with Gasteiger partial charge in [0.25, 0.3) is 5.91 Å². The van der Waals surface area contributed by atoms with Crippen LogP contribution < -0.4 is 4.90 Å². The van der Waals surface area contributed by atoms with Gasteiger partial charge < -0.3 is 4.57 Å². The van der Waals surface area contributed by atoms with E-state index in [0.717, 1.165) is 28.1 Å². The van der Waals surface area contributed by atoms with E-state index in [4.69, 9.17) is 0 Å². The van der Waals surface area contributed by atoms with E-state index >= 15 is 0 Å². The molecule has 29 heavy (non-hydrogen) atoms. The highest BCUT2D eigenvalue weighted by Crippen LogP contribution is 2.42. The number of rotatable bonds is 3. The Morgan fingerprint density at radius 2 is 1.62 bits per heavy atom. The third-order valence-electron chi connectivity index (χ3n) is 6.40. The van der Waals surface area contributed by atoms with E-state index in [1.165, 1.54) is 37.1 Å². The summed E-state index contributed by atoms with van der Waals surface area (Å²) in [6.45, 7) is 4.38. The van der Waals surface area contributed by atoms with Crippen LogP contribution >= 0.6 is 0 Å². The molecule has 2 aromatic carbocycles. The van der Waals surface area contributed by atoms with Crippen molar-refractivity contribution in [2.75, 3.05) is 4.90 Å². The Bertz CT molecular complexity index is 1100. The van der Waals surface area contributed by atoms with Crippen molar-refractivity contribution < 1.29 is 4.79 Å². The van der Waals surface area contributed by atoms with Gasteiger partial charge in [-0.1, -0.05) is 49.2 Å². The van der Waals surface area contributed by atoms with Crippen LogP contribution in [0.3, 0.4) is 0 Å². The molecule has 1 fully saturated rings. The average Bonchev–Trinajstić information content (AvgIpc) is 3.42. The maximum Gasteiger partial charge on any atom is 0.263 e. The van der Waals surface area contributed by atoms with Crippen molar-refractivity contribution in [3.63, 3.8) is 0 Å². The van der Waals surface area contributed by atoms with Gasteiger partial charge in [0.05, 0.1) is 11.3 Å². The van der Waals surface area contributed by atoms with Gasteiger partial charge in [-0.15, -0.1) is 0 Å². The third-order valence-corrected chi connectivity index (χ3v) is 6.40. The summed E-state index contributed by atoms with van der Waals surface area (Å²) in [5.41, 5.74) is 7.36. The Labute approximate surface area is 172 Å². The fourth-order valence-electron chi connectivity index (χ4n) is 5.04. The summed E-state index contributed by atoms with van der Waals surface area (Å²) in [4.78, 5) is 15.3. The number of anilines is 2. The van der Waals surface area contributed by atoms with Gasteiger partial charge in [0.15, 0.2) is 0 Å². The van der Waals surface area contributed by atoms with Gasteiger partial charge in [-0.25, -0.2) is 0 Å². The fraction of sp³-hybridized carbons (Fsp3) is 0.269. The first-order valence-electron chi connectivity index (χ1n) is 10.5. The van der Waals surface area contributed by atoms with Gasteiger partial charge in [0.1, 0.15) is 0 Å². The molecule has 0 N–H and O–H groups in total. The molecule has 5 rings (SSSR count). The Balaban J connectivity index is 1.61. The van der Waals surface area contributed by atoms with Crippen LogP contribution in [-0.2, 0) is 4.79 Å². The SMILES string of the molecule is Cc1cc(/C=C2/C(=O)N(c3ccccc3)c3ccccc32)c(C)n1C1CCCC1. The number of hydrogen-bond acceptors (Lipinski definition) is 1. The number of carbonyl (C=O) groups is 1. The zero-order valence-corrected chi connectivity index (χ0v) is 17.1. The van der Waals surface area contributed by atoms with Crippen LogP contribution in [0, 0.1) is 13.8 Å². The van der Waals surface area contributed by atoms with E-state index in [0.29, 0.717) is 6.04 Å². The lowest BCUT2D eigenvalue weighted by Crippen LogP contribution is -2.20. The topological polar surface area (TPSA) is 25.2 Å². The molecule has 1 aromatic heterocycles. The number of benzene rings is 2. The summed E-state index contributed by atoms with van der Waals surface area (Å²) in [7, 11) is 0. The zero-order chi connectivity index (χ0) is 20.0. The summed E-state index contributed by atoms with van der Waals surface area (Å²) < 4.78 is 2.49. The molecule has 2 heterocycles. The second-order valence-electron chi connectivity index (χ2n) is 8.19. The normalized spacial score (nSPS) is 18.1. The molecule has 0 radical (unpaired) electrons. The number of carbonyl (C=O) groups excluding carboxylic acids is 1. The molecular weight excluding hydrogens is 356 g/mol. The largest absolute Gasteiger partial charge is 0.346 e. The van der Waals surface area contributed by atoms with Gasteiger partial charge in [0.2, 0.25) is 0 Å². The quantitative estimate of drug-likeness (QED) is 0.479. The lowest BCUT2D eigenvalue weighted by Gasteiger charge is -2.17. The molecule has 0 saturated heterocycles. The number of aryl methyl sites for hydroxylation is 1.